The summed E-state index contributed by atoms with van der Waals surface area (Å²) < 4.78 is 20.8. The fourth-order valence-corrected chi connectivity index (χ4v) is 8.89. The second-order valence-corrected chi connectivity index (χ2v) is 19.0. The number of benzene rings is 7. The summed E-state index contributed by atoms with van der Waals surface area (Å²) in [5, 5.41) is 21.5. The number of pyridine rings is 2. The highest BCUT2D eigenvalue weighted by molar-refractivity contribution is 6.18. The maximum atomic E-state index is 14.2. The molecular formula is C66H52N10O14. The van der Waals surface area contributed by atoms with Gasteiger partial charge in [0.2, 0.25) is 0 Å². The maximum absolute atomic E-state index is 14.2. The number of esters is 2. The lowest BCUT2D eigenvalue weighted by molar-refractivity contribution is 0.0592. The first kappa shape index (κ1) is 61.7. The fraction of sp³-hybridized carbons (Fsp3) is 0.0606. The average molecular weight is 1210 g/mol. The number of anilines is 8. The van der Waals surface area contributed by atoms with Crippen LogP contribution in [0.3, 0.4) is 0 Å². The number of nitrogens with one attached hydrogen (secondary N) is 8. The van der Waals surface area contributed by atoms with Gasteiger partial charge in [-0.15, -0.1) is 0 Å². The van der Waals surface area contributed by atoms with Gasteiger partial charge in [-0.1, -0.05) is 84.9 Å². The van der Waals surface area contributed by atoms with Gasteiger partial charge >= 0.3 is 11.9 Å². The minimum Gasteiger partial charge on any atom is -0.494 e. The normalized spacial score (nSPS) is 10.4. The van der Waals surface area contributed by atoms with Crippen molar-refractivity contribution in [2.45, 2.75) is 0 Å². The van der Waals surface area contributed by atoms with E-state index in [1.54, 1.807) is 72.8 Å². The van der Waals surface area contributed by atoms with Crippen LogP contribution >= 0.6 is 0 Å². The number of carbonyl (C=O) groups is 10. The highest BCUT2D eigenvalue weighted by Crippen LogP contribution is 2.38. The molecular weight excluding hydrogens is 1160 g/mol. The van der Waals surface area contributed by atoms with Crippen LogP contribution in [0.25, 0.3) is 0 Å². The van der Waals surface area contributed by atoms with Crippen molar-refractivity contribution in [1.82, 2.24) is 9.97 Å². The molecule has 0 atom stereocenters. The van der Waals surface area contributed by atoms with Crippen LogP contribution in [0, 0.1) is 0 Å². The van der Waals surface area contributed by atoms with Crippen LogP contribution < -0.4 is 52.0 Å². The van der Waals surface area contributed by atoms with E-state index in [0.29, 0.717) is 0 Å². The first-order valence-corrected chi connectivity index (χ1v) is 27.0. The van der Waals surface area contributed by atoms with E-state index in [-0.39, 0.29) is 113 Å². The summed E-state index contributed by atoms with van der Waals surface area (Å²) in [5.41, 5.74) is 0.214. The van der Waals surface area contributed by atoms with Crippen molar-refractivity contribution in [3.8, 4) is 11.5 Å². The van der Waals surface area contributed by atoms with Crippen molar-refractivity contribution >= 4 is 105 Å². The molecule has 9 aromatic rings. The smallest absolute Gasteiger partial charge is 0.339 e. The lowest BCUT2D eigenvalue weighted by Crippen LogP contribution is -2.22. The van der Waals surface area contributed by atoms with Gasteiger partial charge in [0.1, 0.15) is 34.3 Å². The van der Waals surface area contributed by atoms with Crippen LogP contribution in [-0.4, -0.2) is 97.6 Å². The van der Waals surface area contributed by atoms with Gasteiger partial charge in [-0.2, -0.15) is 0 Å². The molecule has 0 aliphatic heterocycles. The average Bonchev–Trinajstić information content (AvgIpc) is 1.04. The molecule has 0 bridgehead atoms. The quantitative estimate of drug-likeness (QED) is 0.0329. The Bertz CT molecular complexity index is 4070. The zero-order chi connectivity index (χ0) is 63.8. The van der Waals surface area contributed by atoms with E-state index in [4.69, 9.17) is 18.9 Å². The summed E-state index contributed by atoms with van der Waals surface area (Å²) in [5.74, 6) is -7.01. The third kappa shape index (κ3) is 14.4. The Morgan fingerprint density at radius 1 is 0.256 bits per heavy atom. The molecule has 24 nitrogen and oxygen atoms in total. The SMILES string of the molecule is COC(=O)c1ccccc1NC(=O)c1ccccc1NC(=O)c1cccc(C(=O)Nc2ccccc2C(=O)Nc2cc(NC(=O)c3ccccc3NC(=O)c3cccc(C(=O)Nc4ccccc4C(=O)Nc4ccccc4C(=O)OC)n3)c(OC)cc2OC)n1. The molecule has 7 aromatic carbocycles. The van der Waals surface area contributed by atoms with Gasteiger partial charge in [-0.3, -0.25) is 38.4 Å². The van der Waals surface area contributed by atoms with E-state index in [1.165, 1.54) is 150 Å². The lowest BCUT2D eigenvalue weighted by Gasteiger charge is -2.18. The van der Waals surface area contributed by atoms with Gasteiger partial charge in [0.25, 0.3) is 47.3 Å². The largest absolute Gasteiger partial charge is 0.494 e. The second kappa shape index (κ2) is 28.4. The Balaban J connectivity index is 0.855. The molecule has 8 N–H and O–H groups in total. The molecule has 2 heterocycles. The zero-order valence-electron chi connectivity index (χ0n) is 48.1. The van der Waals surface area contributed by atoms with E-state index < -0.39 is 59.2 Å². The first-order chi connectivity index (χ1) is 43.6. The molecule has 0 radical (unpaired) electrons. The standard InChI is InChI=1S/C66H52N10O14/c1-87-55-36-56(88-2)54(76-60(80)40-22-8-14-28-46(40)74-64(84)52-34-18-32-50(68-52)62(82)72-44-26-12-6-20-38(44)58(78)70-48-30-16-10-24-42(48)66(86)90-4)35-53(55)75-59(79)39-21-7-13-27-45(39)73-63(83)51-33-17-31-49(67-51)61(81)71-43-25-11-5-19-37(43)57(77)69-47-29-15-9-23-41(47)65(85)89-3/h5-36H,1-4H3,(H,69,77)(H,70,78)(H,71,81)(H,72,82)(H,73,83)(H,74,84)(H,75,79)(H,76,80). The van der Waals surface area contributed by atoms with Crippen LogP contribution in [-0.2, 0) is 9.47 Å². The molecule has 90 heavy (non-hydrogen) atoms. The summed E-state index contributed by atoms with van der Waals surface area (Å²) in [4.78, 5) is 143. The minimum atomic E-state index is -0.796. The van der Waals surface area contributed by atoms with Crippen LogP contribution in [0.4, 0.5) is 45.5 Å². The Kier molecular flexibility index (Phi) is 19.4. The molecule has 8 amide bonds. The van der Waals surface area contributed by atoms with E-state index in [1.807, 2.05) is 0 Å². The predicted molar refractivity (Wildman–Crippen MR) is 333 cm³/mol. The van der Waals surface area contributed by atoms with Crippen LogP contribution in [0.5, 0.6) is 11.5 Å². The van der Waals surface area contributed by atoms with Gasteiger partial charge in [0.05, 0.1) is 107 Å². The van der Waals surface area contributed by atoms with Crippen molar-refractivity contribution < 1.29 is 66.9 Å². The number of carbonyl (C=O) groups excluding carboxylic acids is 10. The molecule has 0 unspecified atom stereocenters. The highest BCUT2D eigenvalue weighted by Gasteiger charge is 2.25. The number of aromatic nitrogens is 2. The summed E-state index contributed by atoms with van der Waals surface area (Å²) in [6, 6.07) is 47.9. The number of hydrogen-bond acceptors (Lipinski definition) is 16. The Morgan fingerprint density at radius 2 is 0.478 bits per heavy atom. The zero-order valence-corrected chi connectivity index (χ0v) is 48.1. The van der Waals surface area contributed by atoms with Gasteiger partial charge in [-0.25, -0.2) is 19.6 Å². The van der Waals surface area contributed by atoms with Gasteiger partial charge < -0.3 is 61.5 Å². The van der Waals surface area contributed by atoms with Crippen LogP contribution in [0.1, 0.15) is 104 Å². The summed E-state index contributed by atoms with van der Waals surface area (Å²) in [6.45, 7) is 0. The molecule has 0 aliphatic rings. The second-order valence-electron chi connectivity index (χ2n) is 19.0. The van der Waals surface area contributed by atoms with Crippen LogP contribution in [0.2, 0.25) is 0 Å². The number of hydrogen-bond donors (Lipinski definition) is 8. The number of para-hydroxylation sites is 6. The first-order valence-electron chi connectivity index (χ1n) is 27.0. The number of amides is 8. The Labute approximate surface area is 512 Å². The van der Waals surface area contributed by atoms with Crippen LogP contribution in [0.15, 0.2) is 194 Å². The molecule has 450 valence electrons. The molecule has 0 aliphatic carbocycles. The van der Waals surface area contributed by atoms with Crippen molar-refractivity contribution in [3.05, 3.63) is 250 Å². The molecule has 2 aromatic heterocycles. The van der Waals surface area contributed by atoms with Crippen molar-refractivity contribution in [3.63, 3.8) is 0 Å². The number of rotatable bonds is 20. The third-order valence-electron chi connectivity index (χ3n) is 13.3. The number of nitrogens with zero attached hydrogens (tertiary/aromatic N) is 2. The van der Waals surface area contributed by atoms with Crippen molar-refractivity contribution in [1.29, 1.82) is 0 Å². The van der Waals surface area contributed by atoms with Crippen molar-refractivity contribution in [2.75, 3.05) is 71.0 Å². The van der Waals surface area contributed by atoms with Crippen molar-refractivity contribution in [2.24, 2.45) is 0 Å². The topological polar surface area (TPSA) is 330 Å². The minimum absolute atomic E-state index is 0.0238. The predicted octanol–water partition coefficient (Wildman–Crippen LogP) is 10.1. The van der Waals surface area contributed by atoms with E-state index in [2.05, 4.69) is 52.5 Å². The fourth-order valence-electron chi connectivity index (χ4n) is 8.89. The number of ether oxygens (including phenoxy) is 4. The molecule has 9 rings (SSSR count). The van der Waals surface area contributed by atoms with Gasteiger partial charge in [0.15, 0.2) is 0 Å². The van der Waals surface area contributed by atoms with E-state index >= 15 is 0 Å². The number of methoxy groups -OCH3 is 4. The summed E-state index contributed by atoms with van der Waals surface area (Å²) in [6.07, 6.45) is 0. The molecule has 0 fully saturated rings. The maximum Gasteiger partial charge on any atom is 0.339 e. The molecule has 0 spiro atoms. The van der Waals surface area contributed by atoms with Gasteiger partial charge in [-0.05, 0) is 103 Å². The highest BCUT2D eigenvalue weighted by atomic mass is 16.5. The summed E-state index contributed by atoms with van der Waals surface area (Å²) >= 11 is 0. The summed E-state index contributed by atoms with van der Waals surface area (Å²) in [7, 11) is 5.11. The van der Waals surface area contributed by atoms with E-state index in [9.17, 15) is 47.9 Å². The lowest BCUT2D eigenvalue weighted by atomic mass is 10.1. The Morgan fingerprint density at radius 3 is 0.733 bits per heavy atom. The molecule has 0 saturated carbocycles. The molecule has 0 saturated heterocycles. The molecule has 24 heteroatoms. The monoisotopic (exact) mass is 1210 g/mol. The van der Waals surface area contributed by atoms with E-state index in [0.717, 1.165) is 0 Å². The Hall–Kier alpha value is -12.9. The van der Waals surface area contributed by atoms with Gasteiger partial charge in [0, 0.05) is 6.07 Å². The third-order valence-corrected chi connectivity index (χ3v) is 13.3.